The predicted molar refractivity (Wildman–Crippen MR) is 117 cm³/mol. The molecule has 1 saturated heterocycles. The van der Waals surface area contributed by atoms with E-state index in [-0.39, 0.29) is 31.3 Å². The van der Waals surface area contributed by atoms with Crippen LogP contribution in [-0.4, -0.2) is 64.6 Å². The Hall–Kier alpha value is -3.86. The number of rotatable bonds is 5. The van der Waals surface area contributed by atoms with Gasteiger partial charge in [0.05, 0.1) is 17.8 Å². The summed E-state index contributed by atoms with van der Waals surface area (Å²) in [6, 6.07) is 6.75. The molecule has 0 unspecified atom stereocenters. The van der Waals surface area contributed by atoms with Crippen LogP contribution >= 0.6 is 0 Å². The molecule has 9 nitrogen and oxygen atoms in total. The van der Waals surface area contributed by atoms with Crippen LogP contribution in [0.25, 0.3) is 10.9 Å². The topological polar surface area (TPSA) is 114 Å². The maximum atomic E-state index is 14.0. The zero-order chi connectivity index (χ0) is 23.5. The van der Waals surface area contributed by atoms with Gasteiger partial charge in [-0.2, -0.15) is 0 Å². The number of nitrogens with two attached hydrogens (primary N) is 1. The Morgan fingerprint density at radius 3 is 2.79 bits per heavy atom. The van der Waals surface area contributed by atoms with Crippen LogP contribution in [0.5, 0.6) is 0 Å². The molecule has 1 aromatic heterocycles. The van der Waals surface area contributed by atoms with Crippen molar-refractivity contribution < 1.29 is 23.1 Å². The number of halogens is 2. The van der Waals surface area contributed by atoms with E-state index in [0.717, 1.165) is 23.1 Å². The number of aromatic nitrogens is 2. The number of hydrogen-bond donors (Lipinski definition) is 2. The number of piperazine rings is 1. The van der Waals surface area contributed by atoms with Gasteiger partial charge in [-0.15, -0.1) is 0 Å². The first-order valence-corrected chi connectivity index (χ1v) is 10.2. The molecule has 0 aliphatic carbocycles. The van der Waals surface area contributed by atoms with E-state index in [9.17, 15) is 18.4 Å². The highest BCUT2D eigenvalue weighted by molar-refractivity contribution is 5.95. The zero-order valence-corrected chi connectivity index (χ0v) is 17.8. The summed E-state index contributed by atoms with van der Waals surface area (Å²) in [5.41, 5.74) is 7.20. The minimum atomic E-state index is -0.905. The fraction of sp³-hybridized carbons (Fsp3) is 0.273. The predicted octanol–water partition coefficient (Wildman–Crippen LogP) is 2.38. The average molecular weight is 456 g/mol. The highest BCUT2D eigenvalue weighted by Crippen LogP contribution is 2.22. The third-order valence-electron chi connectivity index (χ3n) is 5.45. The van der Waals surface area contributed by atoms with Crippen LogP contribution in [0.15, 0.2) is 42.7 Å². The molecule has 1 aliphatic heterocycles. The fourth-order valence-corrected chi connectivity index (χ4v) is 3.78. The summed E-state index contributed by atoms with van der Waals surface area (Å²) in [4.78, 5) is 37.0. The van der Waals surface area contributed by atoms with Crippen molar-refractivity contribution in [2.75, 3.05) is 37.9 Å². The summed E-state index contributed by atoms with van der Waals surface area (Å²) < 4.78 is 32.3. The van der Waals surface area contributed by atoms with Gasteiger partial charge < -0.3 is 25.6 Å². The molecule has 33 heavy (non-hydrogen) atoms. The van der Waals surface area contributed by atoms with E-state index < -0.39 is 23.7 Å². The number of carbonyl (C=O) groups is 2. The van der Waals surface area contributed by atoms with Crippen molar-refractivity contribution >= 4 is 34.3 Å². The second kappa shape index (κ2) is 9.33. The second-order valence-electron chi connectivity index (χ2n) is 7.59. The maximum absolute atomic E-state index is 14.0. The summed E-state index contributed by atoms with van der Waals surface area (Å²) in [5.74, 6) is -1.59. The molecule has 0 bridgehead atoms. The van der Waals surface area contributed by atoms with Crippen LogP contribution in [0.4, 0.5) is 25.1 Å². The summed E-state index contributed by atoms with van der Waals surface area (Å²) in [6.45, 7) is 0.747. The Bertz CT molecular complexity index is 1210. The van der Waals surface area contributed by atoms with E-state index in [1.807, 2.05) is 12.1 Å². The van der Waals surface area contributed by atoms with Crippen molar-refractivity contribution in [3.05, 3.63) is 59.9 Å². The first-order valence-electron chi connectivity index (χ1n) is 10.2. The zero-order valence-electron chi connectivity index (χ0n) is 17.8. The van der Waals surface area contributed by atoms with Crippen molar-refractivity contribution in [3.63, 3.8) is 0 Å². The van der Waals surface area contributed by atoms with Gasteiger partial charge in [0.1, 0.15) is 29.8 Å². The molecule has 0 radical (unpaired) electrons. The molecular formula is C22H22F2N6O3. The van der Waals surface area contributed by atoms with E-state index >= 15 is 0 Å². The van der Waals surface area contributed by atoms with Gasteiger partial charge >= 0.3 is 6.03 Å². The lowest BCUT2D eigenvalue weighted by Gasteiger charge is -2.40. The third-order valence-corrected chi connectivity index (χ3v) is 5.45. The molecule has 1 atom stereocenters. The lowest BCUT2D eigenvalue weighted by atomic mass is 10.1. The number of amides is 3. The van der Waals surface area contributed by atoms with Gasteiger partial charge in [-0.05, 0) is 29.8 Å². The average Bonchev–Trinajstić information content (AvgIpc) is 2.78. The van der Waals surface area contributed by atoms with Gasteiger partial charge in [-0.25, -0.2) is 23.5 Å². The molecule has 2 aromatic carbocycles. The Kier molecular flexibility index (Phi) is 6.31. The number of urea groups is 1. The minimum Gasteiger partial charge on any atom is -0.383 e. The van der Waals surface area contributed by atoms with E-state index in [0.29, 0.717) is 23.9 Å². The van der Waals surface area contributed by atoms with Crippen LogP contribution in [0, 0.1) is 11.6 Å². The number of nitrogens with one attached hydrogen (secondary N) is 1. The van der Waals surface area contributed by atoms with E-state index in [1.54, 1.807) is 11.0 Å². The van der Waals surface area contributed by atoms with Crippen molar-refractivity contribution in [3.8, 4) is 0 Å². The van der Waals surface area contributed by atoms with Crippen LogP contribution in [-0.2, 0) is 16.1 Å². The second-order valence-corrected chi connectivity index (χ2v) is 7.59. The van der Waals surface area contributed by atoms with Crippen molar-refractivity contribution in [1.82, 2.24) is 19.8 Å². The van der Waals surface area contributed by atoms with Crippen molar-refractivity contribution in [2.24, 2.45) is 0 Å². The molecule has 3 aromatic rings. The van der Waals surface area contributed by atoms with Gasteiger partial charge in [0.2, 0.25) is 5.91 Å². The number of carbonyl (C=O) groups excluding carboxylic acids is 2. The van der Waals surface area contributed by atoms with Gasteiger partial charge in [0, 0.05) is 38.2 Å². The molecule has 1 fully saturated rings. The Labute approximate surface area is 188 Å². The molecule has 4 rings (SSSR count). The number of fused-ring (bicyclic) bond motifs is 1. The van der Waals surface area contributed by atoms with Crippen LogP contribution in [0.3, 0.4) is 0 Å². The van der Waals surface area contributed by atoms with Crippen molar-refractivity contribution in [2.45, 2.75) is 12.6 Å². The highest BCUT2D eigenvalue weighted by Gasteiger charge is 2.37. The summed E-state index contributed by atoms with van der Waals surface area (Å²) in [6.07, 6.45) is 1.38. The van der Waals surface area contributed by atoms with E-state index in [2.05, 4.69) is 15.3 Å². The quantitative estimate of drug-likeness (QED) is 0.610. The lowest BCUT2D eigenvalue weighted by molar-refractivity contribution is -0.142. The minimum absolute atomic E-state index is 0.0316. The molecule has 11 heteroatoms. The summed E-state index contributed by atoms with van der Waals surface area (Å²) >= 11 is 0. The lowest BCUT2D eigenvalue weighted by Crippen LogP contribution is -2.60. The smallest absolute Gasteiger partial charge is 0.322 e. The standard InChI is InChI=1S/C22H22F2N6O3/c1-33-11-19-21(31)29(10-13-2-4-15-18(8-13)26-12-27-20(15)25)6-7-30(19)22(32)28-17-5-3-14(23)9-16(17)24/h2-5,8-9,12,19H,6-7,10-11H2,1H3,(H,28,32)(H2,25,26,27)/t19-/m0/s1. The van der Waals surface area contributed by atoms with E-state index in [1.165, 1.54) is 18.3 Å². The first kappa shape index (κ1) is 22.3. The maximum Gasteiger partial charge on any atom is 0.322 e. The summed E-state index contributed by atoms with van der Waals surface area (Å²) in [5, 5.41) is 3.12. The number of hydrogen-bond acceptors (Lipinski definition) is 6. The van der Waals surface area contributed by atoms with Crippen LogP contribution in [0.1, 0.15) is 5.56 Å². The van der Waals surface area contributed by atoms with Gasteiger partial charge in [-0.3, -0.25) is 4.79 Å². The fourth-order valence-electron chi connectivity index (χ4n) is 3.78. The van der Waals surface area contributed by atoms with Gasteiger partial charge in [0.25, 0.3) is 0 Å². The molecule has 0 saturated carbocycles. The Morgan fingerprint density at radius 2 is 2.03 bits per heavy atom. The number of ether oxygens (including phenoxy) is 1. The Balaban J connectivity index is 1.49. The molecule has 0 spiro atoms. The number of benzene rings is 2. The molecular weight excluding hydrogens is 434 g/mol. The Morgan fingerprint density at radius 1 is 1.21 bits per heavy atom. The molecule has 3 amide bonds. The normalized spacial score (nSPS) is 16.3. The monoisotopic (exact) mass is 456 g/mol. The number of nitrogen functional groups attached to an aromatic ring is 1. The van der Waals surface area contributed by atoms with Crippen LogP contribution in [0.2, 0.25) is 0 Å². The van der Waals surface area contributed by atoms with Crippen molar-refractivity contribution in [1.29, 1.82) is 0 Å². The third kappa shape index (κ3) is 4.67. The largest absolute Gasteiger partial charge is 0.383 e. The molecule has 2 heterocycles. The van der Waals surface area contributed by atoms with E-state index in [4.69, 9.17) is 10.5 Å². The highest BCUT2D eigenvalue weighted by atomic mass is 19.1. The summed E-state index contributed by atoms with van der Waals surface area (Å²) in [7, 11) is 1.43. The number of nitrogens with zero attached hydrogens (tertiary/aromatic N) is 4. The number of anilines is 2. The molecule has 1 aliphatic rings. The number of methoxy groups -OCH3 is 1. The van der Waals surface area contributed by atoms with Gasteiger partial charge in [0.15, 0.2) is 0 Å². The first-order chi connectivity index (χ1) is 15.9. The molecule has 172 valence electrons. The SMILES string of the molecule is COC[C@H]1C(=O)N(Cc2ccc3c(N)ncnc3c2)CCN1C(=O)Nc1ccc(F)cc1F. The molecule has 3 N–H and O–H groups in total. The van der Waals surface area contributed by atoms with Gasteiger partial charge in [-0.1, -0.05) is 6.07 Å². The van der Waals surface area contributed by atoms with Crippen LogP contribution < -0.4 is 11.1 Å².